The van der Waals surface area contributed by atoms with E-state index >= 15 is 0 Å². The molecule has 0 amide bonds. The Bertz CT molecular complexity index is 1070. The minimum atomic E-state index is 0. The van der Waals surface area contributed by atoms with Gasteiger partial charge < -0.3 is 4.74 Å². The quantitative estimate of drug-likeness (QED) is 0.482. The van der Waals surface area contributed by atoms with Crippen molar-refractivity contribution in [2.24, 2.45) is 0 Å². The zero-order valence-corrected chi connectivity index (χ0v) is 16.0. The second kappa shape index (κ2) is 8.06. The topological polar surface area (TPSA) is 39.9 Å². The number of nitrogens with zero attached hydrogens (tertiary/aromatic N) is 3. The molecule has 0 N–H and O–H groups in total. The molecule has 0 radical (unpaired) electrons. The molecule has 0 saturated heterocycles. The number of hydrogen-bond acceptors (Lipinski definition) is 3. The van der Waals surface area contributed by atoms with Gasteiger partial charge in [0, 0.05) is 6.20 Å². The average molecular weight is 378 g/mol. The van der Waals surface area contributed by atoms with E-state index in [9.17, 15) is 0 Å². The first-order chi connectivity index (χ1) is 12.7. The molecule has 4 aromatic rings. The summed E-state index contributed by atoms with van der Waals surface area (Å²) in [6.45, 7) is 2.08. The standard InChI is InChI=1S/C22H19N3O.ClH/c1-16-6-12-20-19(15-16)24-22(25(20)21-5-3-4-14-23-21)13-9-17-7-10-18(26-2)11-8-17;/h3-15H,1-2H3;1H/b13-9+;. The summed E-state index contributed by atoms with van der Waals surface area (Å²) in [5, 5.41) is 0. The van der Waals surface area contributed by atoms with Crippen molar-refractivity contribution >= 4 is 35.6 Å². The maximum Gasteiger partial charge on any atom is 0.139 e. The third kappa shape index (κ3) is 3.86. The second-order valence-corrected chi connectivity index (χ2v) is 6.09. The van der Waals surface area contributed by atoms with E-state index in [4.69, 9.17) is 9.72 Å². The van der Waals surface area contributed by atoms with E-state index in [1.54, 1.807) is 13.3 Å². The lowest BCUT2D eigenvalue weighted by molar-refractivity contribution is 0.415. The Morgan fingerprint density at radius 1 is 0.963 bits per heavy atom. The smallest absolute Gasteiger partial charge is 0.139 e. The van der Waals surface area contributed by atoms with Crippen molar-refractivity contribution in [3.8, 4) is 11.6 Å². The molecular weight excluding hydrogens is 358 g/mol. The van der Waals surface area contributed by atoms with Gasteiger partial charge in [0.2, 0.25) is 0 Å². The molecule has 0 aliphatic heterocycles. The van der Waals surface area contributed by atoms with E-state index in [0.717, 1.165) is 34.0 Å². The van der Waals surface area contributed by atoms with Gasteiger partial charge in [-0.15, -0.1) is 12.4 Å². The number of imidazole rings is 1. The molecule has 2 aromatic heterocycles. The van der Waals surface area contributed by atoms with Crippen LogP contribution >= 0.6 is 12.4 Å². The molecule has 2 heterocycles. The summed E-state index contributed by atoms with van der Waals surface area (Å²) >= 11 is 0. The summed E-state index contributed by atoms with van der Waals surface area (Å²) in [5.41, 5.74) is 4.28. The van der Waals surface area contributed by atoms with Crippen molar-refractivity contribution in [2.45, 2.75) is 6.92 Å². The molecule has 27 heavy (non-hydrogen) atoms. The lowest BCUT2D eigenvalue weighted by Crippen LogP contribution is -1.99. The summed E-state index contributed by atoms with van der Waals surface area (Å²) in [5.74, 6) is 2.55. The van der Waals surface area contributed by atoms with Crippen LogP contribution in [0.5, 0.6) is 5.75 Å². The Morgan fingerprint density at radius 2 is 1.78 bits per heavy atom. The highest BCUT2D eigenvalue weighted by Gasteiger charge is 2.11. The van der Waals surface area contributed by atoms with Crippen LogP contribution in [-0.4, -0.2) is 21.6 Å². The van der Waals surface area contributed by atoms with Crippen LogP contribution in [0.1, 0.15) is 17.0 Å². The van der Waals surface area contributed by atoms with Gasteiger partial charge in [-0.3, -0.25) is 4.57 Å². The number of rotatable bonds is 4. The average Bonchev–Trinajstić information content (AvgIpc) is 3.04. The van der Waals surface area contributed by atoms with Gasteiger partial charge in [0.15, 0.2) is 0 Å². The minimum Gasteiger partial charge on any atom is -0.497 e. The van der Waals surface area contributed by atoms with Crippen LogP contribution in [0.15, 0.2) is 66.9 Å². The Kier molecular flexibility index (Phi) is 5.57. The second-order valence-electron chi connectivity index (χ2n) is 6.09. The van der Waals surface area contributed by atoms with Gasteiger partial charge in [-0.05, 0) is 60.5 Å². The number of methoxy groups -OCH3 is 1. The molecule has 0 saturated carbocycles. The molecule has 0 aliphatic carbocycles. The van der Waals surface area contributed by atoms with Crippen LogP contribution in [0.25, 0.3) is 29.0 Å². The number of pyridine rings is 1. The normalized spacial score (nSPS) is 10.9. The van der Waals surface area contributed by atoms with Crippen molar-refractivity contribution in [2.75, 3.05) is 7.11 Å². The zero-order chi connectivity index (χ0) is 17.9. The maximum absolute atomic E-state index is 5.21. The molecular formula is C22H20ClN3O. The number of aryl methyl sites for hydroxylation is 1. The summed E-state index contributed by atoms with van der Waals surface area (Å²) in [4.78, 5) is 9.31. The molecule has 0 spiro atoms. The first-order valence-electron chi connectivity index (χ1n) is 8.47. The first kappa shape index (κ1) is 18.7. The summed E-state index contributed by atoms with van der Waals surface area (Å²) in [7, 11) is 1.67. The van der Waals surface area contributed by atoms with Crippen LogP contribution in [0, 0.1) is 6.92 Å². The number of hydrogen-bond donors (Lipinski definition) is 0. The predicted molar refractivity (Wildman–Crippen MR) is 113 cm³/mol. The van der Waals surface area contributed by atoms with Gasteiger partial charge in [0.1, 0.15) is 17.4 Å². The van der Waals surface area contributed by atoms with Crippen LogP contribution in [0.3, 0.4) is 0 Å². The van der Waals surface area contributed by atoms with Gasteiger partial charge in [0.25, 0.3) is 0 Å². The number of ether oxygens (including phenoxy) is 1. The fourth-order valence-corrected chi connectivity index (χ4v) is 2.93. The molecule has 0 unspecified atom stereocenters. The van der Waals surface area contributed by atoms with Gasteiger partial charge in [0.05, 0.1) is 18.1 Å². The Balaban J connectivity index is 0.00000210. The lowest BCUT2D eigenvalue weighted by Gasteiger charge is -2.06. The number of benzene rings is 2. The van der Waals surface area contributed by atoms with Crippen molar-refractivity contribution in [3.63, 3.8) is 0 Å². The number of fused-ring (bicyclic) bond motifs is 1. The molecule has 0 atom stereocenters. The van der Waals surface area contributed by atoms with E-state index in [0.29, 0.717) is 0 Å². The van der Waals surface area contributed by atoms with Crippen molar-refractivity contribution in [1.29, 1.82) is 0 Å². The van der Waals surface area contributed by atoms with E-state index in [-0.39, 0.29) is 12.4 Å². The third-order valence-corrected chi connectivity index (χ3v) is 4.25. The molecule has 5 heteroatoms. The monoisotopic (exact) mass is 377 g/mol. The highest BCUT2D eigenvalue weighted by Crippen LogP contribution is 2.23. The van der Waals surface area contributed by atoms with E-state index in [1.165, 1.54) is 5.56 Å². The molecule has 2 aromatic carbocycles. The number of aromatic nitrogens is 3. The van der Waals surface area contributed by atoms with E-state index in [1.807, 2.05) is 54.6 Å². The largest absolute Gasteiger partial charge is 0.497 e. The van der Waals surface area contributed by atoms with Crippen LogP contribution in [0.2, 0.25) is 0 Å². The Morgan fingerprint density at radius 3 is 2.48 bits per heavy atom. The van der Waals surface area contributed by atoms with E-state index in [2.05, 4.69) is 34.7 Å². The van der Waals surface area contributed by atoms with Gasteiger partial charge in [-0.25, -0.2) is 9.97 Å². The van der Waals surface area contributed by atoms with Crippen LogP contribution < -0.4 is 4.74 Å². The van der Waals surface area contributed by atoms with Gasteiger partial charge in [-0.1, -0.05) is 30.3 Å². The first-order valence-corrected chi connectivity index (χ1v) is 8.47. The fourth-order valence-electron chi connectivity index (χ4n) is 2.93. The van der Waals surface area contributed by atoms with Crippen molar-refractivity contribution < 1.29 is 4.74 Å². The van der Waals surface area contributed by atoms with Gasteiger partial charge in [-0.2, -0.15) is 0 Å². The zero-order valence-electron chi connectivity index (χ0n) is 15.2. The summed E-state index contributed by atoms with van der Waals surface area (Å²) < 4.78 is 7.29. The molecule has 4 rings (SSSR count). The lowest BCUT2D eigenvalue weighted by atomic mass is 10.2. The Hall–Kier alpha value is -3.11. The minimum absolute atomic E-state index is 0. The summed E-state index contributed by atoms with van der Waals surface area (Å²) in [6.07, 6.45) is 5.87. The van der Waals surface area contributed by atoms with Crippen molar-refractivity contribution in [1.82, 2.24) is 14.5 Å². The highest BCUT2D eigenvalue weighted by atomic mass is 35.5. The highest BCUT2D eigenvalue weighted by molar-refractivity contribution is 5.85. The van der Waals surface area contributed by atoms with Crippen LogP contribution in [0.4, 0.5) is 0 Å². The maximum atomic E-state index is 5.21. The van der Waals surface area contributed by atoms with Crippen molar-refractivity contribution in [3.05, 3.63) is 83.8 Å². The Labute approximate surface area is 164 Å². The molecule has 136 valence electrons. The van der Waals surface area contributed by atoms with Gasteiger partial charge >= 0.3 is 0 Å². The third-order valence-electron chi connectivity index (χ3n) is 4.25. The fraction of sp³-hybridized carbons (Fsp3) is 0.0909. The SMILES string of the molecule is COc1ccc(/C=C/c2nc3cc(C)ccc3n2-c2ccccn2)cc1.Cl. The molecule has 4 nitrogen and oxygen atoms in total. The summed E-state index contributed by atoms with van der Waals surface area (Å²) in [6, 6.07) is 20.1. The molecule has 0 bridgehead atoms. The van der Waals surface area contributed by atoms with E-state index < -0.39 is 0 Å². The molecule has 0 aliphatic rings. The number of halogens is 1. The molecule has 0 fully saturated rings. The predicted octanol–water partition coefficient (Wildman–Crippen LogP) is 5.33. The van der Waals surface area contributed by atoms with Crippen LogP contribution in [-0.2, 0) is 0 Å².